The van der Waals surface area contributed by atoms with Crippen molar-refractivity contribution in [1.29, 1.82) is 0 Å². The van der Waals surface area contributed by atoms with Crippen LogP contribution in [0, 0.1) is 10.1 Å². The van der Waals surface area contributed by atoms with Gasteiger partial charge in [-0.3, -0.25) is 10.1 Å². The van der Waals surface area contributed by atoms with Gasteiger partial charge >= 0.3 is 0 Å². The van der Waals surface area contributed by atoms with E-state index in [4.69, 9.17) is 0 Å². The first-order valence-corrected chi connectivity index (χ1v) is 6.81. The summed E-state index contributed by atoms with van der Waals surface area (Å²) < 4.78 is 0.731. The molecule has 0 aromatic heterocycles. The van der Waals surface area contributed by atoms with Crippen molar-refractivity contribution >= 4 is 27.3 Å². The van der Waals surface area contributed by atoms with Crippen LogP contribution in [-0.4, -0.2) is 23.6 Å². The maximum atomic E-state index is 10.7. The summed E-state index contributed by atoms with van der Waals surface area (Å²) in [5.74, 6) is 0. The molecule has 1 heterocycles. The summed E-state index contributed by atoms with van der Waals surface area (Å²) in [6, 6.07) is 5.57. The fraction of sp³-hybridized carbons (Fsp3) is 0.500. The highest BCUT2D eigenvalue weighted by Gasteiger charge is 2.21. The van der Waals surface area contributed by atoms with Gasteiger partial charge in [-0.25, -0.2) is 0 Å². The Balaban J connectivity index is 2.11. The van der Waals surface area contributed by atoms with Crippen molar-refractivity contribution in [3.8, 4) is 0 Å². The van der Waals surface area contributed by atoms with Gasteiger partial charge < -0.3 is 10.6 Å². The van der Waals surface area contributed by atoms with Gasteiger partial charge in [0.25, 0.3) is 5.69 Å². The van der Waals surface area contributed by atoms with Crippen molar-refractivity contribution in [2.75, 3.05) is 11.9 Å². The number of nitrogens with zero attached hydrogens (tertiary/aromatic N) is 1. The van der Waals surface area contributed by atoms with Crippen LogP contribution in [0.5, 0.6) is 0 Å². The van der Waals surface area contributed by atoms with Gasteiger partial charge in [0, 0.05) is 34.4 Å². The van der Waals surface area contributed by atoms with E-state index in [1.54, 1.807) is 6.07 Å². The normalized spacial score (nSPS) is 23.7. The van der Waals surface area contributed by atoms with E-state index in [0.717, 1.165) is 29.5 Å². The van der Waals surface area contributed by atoms with Crippen LogP contribution in [0.15, 0.2) is 22.7 Å². The lowest BCUT2D eigenvalue weighted by atomic mass is 9.99. The highest BCUT2D eigenvalue weighted by molar-refractivity contribution is 9.10. The number of piperidine rings is 1. The molecule has 5 nitrogen and oxygen atoms in total. The maximum Gasteiger partial charge on any atom is 0.270 e. The largest absolute Gasteiger partial charge is 0.380 e. The van der Waals surface area contributed by atoms with Gasteiger partial charge in [-0.1, -0.05) is 0 Å². The van der Waals surface area contributed by atoms with Crippen molar-refractivity contribution in [2.45, 2.75) is 31.8 Å². The molecule has 2 rings (SSSR count). The Kier molecular flexibility index (Phi) is 4.19. The van der Waals surface area contributed by atoms with E-state index in [-0.39, 0.29) is 10.6 Å². The number of hydrogen-bond donors (Lipinski definition) is 2. The third-order valence-electron chi connectivity index (χ3n) is 3.27. The Morgan fingerprint density at radius 1 is 1.56 bits per heavy atom. The summed E-state index contributed by atoms with van der Waals surface area (Å²) in [5.41, 5.74) is 1.00. The van der Waals surface area contributed by atoms with E-state index in [9.17, 15) is 10.1 Å². The smallest absolute Gasteiger partial charge is 0.270 e. The minimum Gasteiger partial charge on any atom is -0.380 e. The first-order valence-electron chi connectivity index (χ1n) is 6.02. The third-order valence-corrected chi connectivity index (χ3v) is 3.92. The highest BCUT2D eigenvalue weighted by Crippen LogP contribution is 2.28. The molecule has 1 saturated heterocycles. The van der Waals surface area contributed by atoms with Gasteiger partial charge in [0.1, 0.15) is 0 Å². The quantitative estimate of drug-likeness (QED) is 0.665. The Morgan fingerprint density at radius 2 is 2.33 bits per heavy atom. The number of non-ortho nitro benzene ring substituents is 1. The number of hydrogen-bond acceptors (Lipinski definition) is 4. The molecule has 0 bridgehead atoms. The second-order valence-corrected chi connectivity index (χ2v) is 5.41. The summed E-state index contributed by atoms with van der Waals surface area (Å²) in [6.07, 6.45) is 2.25. The van der Waals surface area contributed by atoms with E-state index in [0.29, 0.717) is 12.1 Å². The molecule has 1 fully saturated rings. The van der Waals surface area contributed by atoms with Crippen molar-refractivity contribution in [1.82, 2.24) is 5.32 Å². The molecule has 1 aliphatic rings. The van der Waals surface area contributed by atoms with E-state index in [1.807, 2.05) is 0 Å². The van der Waals surface area contributed by atoms with Crippen molar-refractivity contribution in [2.24, 2.45) is 0 Å². The summed E-state index contributed by atoms with van der Waals surface area (Å²) in [4.78, 5) is 10.3. The van der Waals surface area contributed by atoms with Crippen LogP contribution >= 0.6 is 15.9 Å². The summed E-state index contributed by atoms with van der Waals surface area (Å²) >= 11 is 3.37. The monoisotopic (exact) mass is 313 g/mol. The summed E-state index contributed by atoms with van der Waals surface area (Å²) in [5, 5.41) is 17.5. The van der Waals surface area contributed by atoms with Gasteiger partial charge in [0.2, 0.25) is 0 Å². The van der Waals surface area contributed by atoms with Crippen LogP contribution in [0.4, 0.5) is 11.4 Å². The van der Waals surface area contributed by atoms with Crippen LogP contribution in [0.2, 0.25) is 0 Å². The number of nitrogens with one attached hydrogen (secondary N) is 2. The number of benzene rings is 1. The number of rotatable bonds is 3. The van der Waals surface area contributed by atoms with Crippen molar-refractivity contribution in [3.63, 3.8) is 0 Å². The average Bonchev–Trinajstić information content (AvgIpc) is 2.34. The molecule has 98 valence electrons. The molecule has 0 spiro atoms. The molecule has 18 heavy (non-hydrogen) atoms. The molecule has 0 amide bonds. The lowest BCUT2D eigenvalue weighted by molar-refractivity contribution is -0.384. The van der Waals surface area contributed by atoms with Crippen LogP contribution < -0.4 is 10.6 Å². The van der Waals surface area contributed by atoms with Gasteiger partial charge in [-0.15, -0.1) is 0 Å². The number of nitro benzene ring substituents is 1. The minimum atomic E-state index is -0.390. The lowest BCUT2D eigenvalue weighted by Gasteiger charge is -2.31. The molecule has 0 radical (unpaired) electrons. The van der Waals surface area contributed by atoms with Gasteiger partial charge in [0.15, 0.2) is 0 Å². The Morgan fingerprint density at radius 3 is 2.94 bits per heavy atom. The summed E-state index contributed by atoms with van der Waals surface area (Å²) in [7, 11) is 0. The van der Waals surface area contributed by atoms with Crippen molar-refractivity contribution in [3.05, 3.63) is 32.8 Å². The third kappa shape index (κ3) is 3.00. The standard InChI is InChI=1S/C12H16BrN3O2/c1-8-11(3-2-6-14-8)15-12-5-4-9(16(17)18)7-10(12)13/h4-5,7-8,11,14-15H,2-3,6H2,1H3. The Bertz CT molecular complexity index is 453. The first-order chi connectivity index (χ1) is 8.58. The van der Waals surface area contributed by atoms with Gasteiger partial charge in [-0.2, -0.15) is 0 Å². The van der Waals surface area contributed by atoms with E-state index in [2.05, 4.69) is 33.5 Å². The molecular weight excluding hydrogens is 298 g/mol. The zero-order valence-electron chi connectivity index (χ0n) is 10.1. The van der Waals surface area contributed by atoms with Crippen LogP contribution in [0.1, 0.15) is 19.8 Å². The van der Waals surface area contributed by atoms with E-state index in [1.165, 1.54) is 12.1 Å². The lowest BCUT2D eigenvalue weighted by Crippen LogP contribution is -2.46. The van der Waals surface area contributed by atoms with Crippen molar-refractivity contribution < 1.29 is 4.92 Å². The molecule has 2 N–H and O–H groups in total. The zero-order valence-corrected chi connectivity index (χ0v) is 11.7. The average molecular weight is 314 g/mol. The molecule has 6 heteroatoms. The molecule has 1 aromatic carbocycles. The fourth-order valence-electron chi connectivity index (χ4n) is 2.18. The zero-order chi connectivity index (χ0) is 13.1. The molecule has 0 saturated carbocycles. The maximum absolute atomic E-state index is 10.7. The molecule has 1 aromatic rings. The molecule has 2 atom stereocenters. The second kappa shape index (κ2) is 5.67. The predicted molar refractivity (Wildman–Crippen MR) is 74.9 cm³/mol. The van der Waals surface area contributed by atoms with Gasteiger partial charge in [0.05, 0.1) is 4.92 Å². The number of halogens is 1. The molecule has 1 aliphatic heterocycles. The molecule has 2 unspecified atom stereocenters. The number of anilines is 1. The van der Waals surface area contributed by atoms with E-state index < -0.39 is 0 Å². The molecular formula is C12H16BrN3O2. The van der Waals surface area contributed by atoms with E-state index >= 15 is 0 Å². The fourth-order valence-corrected chi connectivity index (χ4v) is 2.66. The molecule has 0 aliphatic carbocycles. The topological polar surface area (TPSA) is 67.2 Å². The SMILES string of the molecule is CC1NCCCC1Nc1ccc([N+](=O)[O-])cc1Br. The summed E-state index contributed by atoms with van der Waals surface area (Å²) in [6.45, 7) is 3.21. The van der Waals surface area contributed by atoms with Gasteiger partial charge in [-0.05, 0) is 48.3 Å². The first kappa shape index (κ1) is 13.3. The van der Waals surface area contributed by atoms with Crippen LogP contribution in [-0.2, 0) is 0 Å². The number of nitro groups is 1. The Labute approximate surface area is 114 Å². The van der Waals surface area contributed by atoms with Crippen LogP contribution in [0.25, 0.3) is 0 Å². The second-order valence-electron chi connectivity index (χ2n) is 4.56. The predicted octanol–water partition coefficient (Wildman–Crippen LogP) is 2.91. The minimum absolute atomic E-state index is 0.0993. The Hall–Kier alpha value is -1.14. The highest BCUT2D eigenvalue weighted by atomic mass is 79.9. The van der Waals surface area contributed by atoms with Crippen LogP contribution in [0.3, 0.4) is 0 Å².